The molecule has 1 aliphatic carbocycles. The van der Waals surface area contributed by atoms with Crippen LogP contribution in [-0.2, 0) is 14.8 Å². The molecular formula is C16H22ClN3O4S. The van der Waals surface area contributed by atoms with Crippen LogP contribution in [0.5, 0.6) is 0 Å². The SMILES string of the molecule is CN(C(=O)CNC(=O)c1ccc(Cl)c(S(N)(=O)=O)c1)C1CCCCC1. The number of nitrogens with one attached hydrogen (secondary N) is 1. The van der Waals surface area contributed by atoms with Gasteiger partial charge in [0.05, 0.1) is 11.6 Å². The summed E-state index contributed by atoms with van der Waals surface area (Å²) in [4.78, 5) is 25.8. The van der Waals surface area contributed by atoms with Gasteiger partial charge in [0, 0.05) is 18.7 Å². The van der Waals surface area contributed by atoms with Crippen LogP contribution in [0.4, 0.5) is 0 Å². The van der Waals surface area contributed by atoms with Crippen LogP contribution >= 0.6 is 11.6 Å². The lowest BCUT2D eigenvalue weighted by atomic mass is 9.94. The summed E-state index contributed by atoms with van der Waals surface area (Å²) in [6, 6.07) is 3.97. The number of benzene rings is 1. The number of carbonyl (C=O) groups excluding carboxylic acids is 2. The third-order valence-electron chi connectivity index (χ3n) is 4.42. The van der Waals surface area contributed by atoms with Crippen molar-refractivity contribution < 1.29 is 18.0 Å². The summed E-state index contributed by atoms with van der Waals surface area (Å²) in [5.41, 5.74) is 0.0709. The molecule has 2 amide bonds. The molecule has 7 nitrogen and oxygen atoms in total. The molecule has 1 aromatic carbocycles. The van der Waals surface area contributed by atoms with Crippen molar-refractivity contribution >= 4 is 33.4 Å². The Bertz CT molecular complexity index is 761. The number of sulfonamides is 1. The van der Waals surface area contributed by atoms with Gasteiger partial charge in [0.2, 0.25) is 15.9 Å². The molecule has 25 heavy (non-hydrogen) atoms. The number of nitrogens with two attached hydrogens (primary N) is 1. The van der Waals surface area contributed by atoms with E-state index in [0.717, 1.165) is 31.7 Å². The predicted molar refractivity (Wildman–Crippen MR) is 94.8 cm³/mol. The summed E-state index contributed by atoms with van der Waals surface area (Å²) in [6.45, 7) is -0.154. The van der Waals surface area contributed by atoms with Gasteiger partial charge in [0.15, 0.2) is 0 Å². The monoisotopic (exact) mass is 387 g/mol. The molecule has 1 aliphatic rings. The van der Waals surface area contributed by atoms with Gasteiger partial charge in [-0.2, -0.15) is 0 Å². The fourth-order valence-corrected chi connectivity index (χ4v) is 3.99. The minimum Gasteiger partial charge on any atom is -0.343 e. The van der Waals surface area contributed by atoms with Crippen LogP contribution in [-0.4, -0.2) is 44.8 Å². The Morgan fingerprint density at radius 3 is 2.52 bits per heavy atom. The third kappa shape index (κ3) is 5.17. The number of primary sulfonamides is 1. The summed E-state index contributed by atoms with van der Waals surface area (Å²) in [5, 5.41) is 7.51. The van der Waals surface area contributed by atoms with Gasteiger partial charge < -0.3 is 10.2 Å². The molecule has 0 aromatic heterocycles. The second-order valence-corrected chi connectivity index (χ2v) is 8.11. The van der Waals surface area contributed by atoms with Crippen LogP contribution in [0.15, 0.2) is 23.1 Å². The maximum atomic E-state index is 12.2. The van der Waals surface area contributed by atoms with Crippen molar-refractivity contribution in [3.05, 3.63) is 28.8 Å². The molecule has 138 valence electrons. The molecular weight excluding hydrogens is 366 g/mol. The van der Waals surface area contributed by atoms with Crippen LogP contribution in [0.1, 0.15) is 42.5 Å². The second-order valence-electron chi connectivity index (χ2n) is 6.17. The quantitative estimate of drug-likeness (QED) is 0.797. The standard InChI is InChI=1S/C16H22ClN3O4S/c1-20(12-5-3-2-4-6-12)15(21)10-19-16(22)11-7-8-13(17)14(9-11)25(18,23)24/h7-9,12H,2-6,10H2,1H3,(H,19,22)(H2,18,23,24). The minimum absolute atomic E-state index is 0.0628. The lowest BCUT2D eigenvalue weighted by Gasteiger charge is -2.31. The first-order chi connectivity index (χ1) is 11.7. The van der Waals surface area contributed by atoms with Crippen molar-refractivity contribution in [2.45, 2.75) is 43.0 Å². The smallest absolute Gasteiger partial charge is 0.251 e. The number of likely N-dealkylation sites (N-methyl/N-ethyl adjacent to an activating group) is 1. The molecule has 1 saturated carbocycles. The van der Waals surface area contributed by atoms with E-state index in [1.165, 1.54) is 18.6 Å². The van der Waals surface area contributed by atoms with Crippen molar-refractivity contribution in [2.24, 2.45) is 5.14 Å². The zero-order chi connectivity index (χ0) is 18.6. The largest absolute Gasteiger partial charge is 0.343 e. The second kappa shape index (κ2) is 8.16. The normalized spacial score (nSPS) is 15.6. The number of hydrogen-bond donors (Lipinski definition) is 2. The van der Waals surface area contributed by atoms with Gasteiger partial charge in [-0.25, -0.2) is 13.6 Å². The summed E-state index contributed by atoms with van der Waals surface area (Å²) in [7, 11) is -2.29. The van der Waals surface area contributed by atoms with Crippen LogP contribution in [0.2, 0.25) is 5.02 Å². The highest BCUT2D eigenvalue weighted by atomic mass is 35.5. The van der Waals surface area contributed by atoms with Crippen LogP contribution < -0.4 is 10.5 Å². The highest BCUT2D eigenvalue weighted by molar-refractivity contribution is 7.89. The Morgan fingerprint density at radius 2 is 1.92 bits per heavy atom. The van der Waals surface area contributed by atoms with E-state index in [-0.39, 0.29) is 34.0 Å². The van der Waals surface area contributed by atoms with E-state index >= 15 is 0 Å². The first-order valence-corrected chi connectivity index (χ1v) is 9.99. The molecule has 2 rings (SSSR count). The van der Waals surface area contributed by atoms with Gasteiger partial charge in [-0.15, -0.1) is 0 Å². The first-order valence-electron chi connectivity index (χ1n) is 8.06. The average molecular weight is 388 g/mol. The molecule has 0 unspecified atom stereocenters. The Kier molecular flexibility index (Phi) is 6.42. The fourth-order valence-electron chi connectivity index (χ4n) is 2.92. The first kappa shape index (κ1) is 19.7. The molecule has 0 radical (unpaired) electrons. The third-order valence-corrected chi connectivity index (χ3v) is 5.81. The minimum atomic E-state index is -4.04. The maximum Gasteiger partial charge on any atom is 0.251 e. The van der Waals surface area contributed by atoms with E-state index in [2.05, 4.69) is 5.32 Å². The Balaban J connectivity index is 1.99. The van der Waals surface area contributed by atoms with Crippen LogP contribution in [0.3, 0.4) is 0 Å². The fraction of sp³-hybridized carbons (Fsp3) is 0.500. The van der Waals surface area contributed by atoms with E-state index < -0.39 is 15.9 Å². The topological polar surface area (TPSA) is 110 Å². The molecule has 1 fully saturated rings. The maximum absolute atomic E-state index is 12.2. The van der Waals surface area contributed by atoms with Crippen molar-refractivity contribution in [3.63, 3.8) is 0 Å². The molecule has 0 bridgehead atoms. The molecule has 0 atom stereocenters. The molecule has 3 N–H and O–H groups in total. The zero-order valence-electron chi connectivity index (χ0n) is 14.0. The van der Waals surface area contributed by atoms with Gasteiger partial charge in [-0.3, -0.25) is 9.59 Å². The predicted octanol–water partition coefficient (Wildman–Crippen LogP) is 1.51. The molecule has 9 heteroatoms. The van der Waals surface area contributed by atoms with E-state index in [1.54, 1.807) is 11.9 Å². The molecule has 0 aliphatic heterocycles. The van der Waals surface area contributed by atoms with Crippen molar-refractivity contribution in [2.75, 3.05) is 13.6 Å². The number of hydrogen-bond acceptors (Lipinski definition) is 4. The summed E-state index contributed by atoms with van der Waals surface area (Å²) in [5.74, 6) is -0.743. The van der Waals surface area contributed by atoms with E-state index in [9.17, 15) is 18.0 Å². The highest BCUT2D eigenvalue weighted by Crippen LogP contribution is 2.22. The molecule has 0 spiro atoms. The van der Waals surface area contributed by atoms with Crippen molar-refractivity contribution in [1.82, 2.24) is 10.2 Å². The van der Waals surface area contributed by atoms with Gasteiger partial charge in [0.25, 0.3) is 5.91 Å². The zero-order valence-corrected chi connectivity index (χ0v) is 15.6. The summed E-state index contributed by atoms with van der Waals surface area (Å²) >= 11 is 5.79. The van der Waals surface area contributed by atoms with Gasteiger partial charge in [-0.05, 0) is 31.0 Å². The molecule has 1 aromatic rings. The van der Waals surface area contributed by atoms with Crippen molar-refractivity contribution in [3.8, 4) is 0 Å². The van der Waals surface area contributed by atoms with Crippen molar-refractivity contribution in [1.29, 1.82) is 0 Å². The highest BCUT2D eigenvalue weighted by Gasteiger charge is 2.22. The Morgan fingerprint density at radius 1 is 1.28 bits per heavy atom. The van der Waals surface area contributed by atoms with Gasteiger partial charge in [-0.1, -0.05) is 30.9 Å². The average Bonchev–Trinajstić information content (AvgIpc) is 2.58. The molecule has 0 heterocycles. The number of carbonyl (C=O) groups is 2. The van der Waals surface area contributed by atoms with E-state index in [1.807, 2.05) is 0 Å². The number of amides is 2. The van der Waals surface area contributed by atoms with Gasteiger partial charge in [0.1, 0.15) is 4.90 Å². The number of rotatable bonds is 5. The lowest BCUT2D eigenvalue weighted by Crippen LogP contribution is -2.44. The number of halogens is 1. The Labute approximate surface area is 152 Å². The van der Waals surface area contributed by atoms with E-state index in [0.29, 0.717) is 0 Å². The van der Waals surface area contributed by atoms with E-state index in [4.69, 9.17) is 16.7 Å². The van der Waals surface area contributed by atoms with Crippen LogP contribution in [0.25, 0.3) is 0 Å². The Hall–Kier alpha value is -1.64. The molecule has 0 saturated heterocycles. The van der Waals surface area contributed by atoms with Gasteiger partial charge >= 0.3 is 0 Å². The lowest BCUT2D eigenvalue weighted by molar-refractivity contribution is -0.131. The number of nitrogens with zero attached hydrogens (tertiary/aromatic N) is 1. The van der Waals surface area contributed by atoms with Crippen LogP contribution in [0, 0.1) is 0 Å². The summed E-state index contributed by atoms with van der Waals surface area (Å²) in [6.07, 6.45) is 5.36. The summed E-state index contributed by atoms with van der Waals surface area (Å²) < 4.78 is 22.9.